The van der Waals surface area contributed by atoms with Crippen molar-refractivity contribution in [3.8, 4) is 0 Å². The number of nitrogens with one attached hydrogen (secondary N) is 2. The van der Waals surface area contributed by atoms with Gasteiger partial charge in [0.05, 0.1) is 16.1 Å². The molecule has 6 nitrogen and oxygen atoms in total. The van der Waals surface area contributed by atoms with Crippen molar-refractivity contribution in [3.05, 3.63) is 106 Å². The second-order valence-corrected chi connectivity index (χ2v) is 11.8. The van der Waals surface area contributed by atoms with E-state index in [4.69, 9.17) is 23.2 Å². The van der Waals surface area contributed by atoms with Gasteiger partial charge in [-0.1, -0.05) is 104 Å². The Morgan fingerprint density at radius 3 is 2.00 bits per heavy atom. The first-order chi connectivity index (χ1) is 20.9. The second-order valence-electron chi connectivity index (χ2n) is 11.0. The molecule has 0 saturated heterocycles. The van der Waals surface area contributed by atoms with E-state index in [1.807, 2.05) is 6.07 Å². The van der Waals surface area contributed by atoms with E-state index in [0.29, 0.717) is 22.9 Å². The average molecular weight is 646 g/mol. The van der Waals surface area contributed by atoms with Crippen molar-refractivity contribution in [2.45, 2.75) is 57.9 Å². The summed E-state index contributed by atoms with van der Waals surface area (Å²) in [7, 11) is 0. The van der Waals surface area contributed by atoms with Gasteiger partial charge in [-0.2, -0.15) is 8.78 Å². The number of Topliss-reactive ketones (excluding diaryl/α,β-unsaturated/α-hetero) is 2. The molecule has 0 fully saturated rings. The zero-order valence-corrected chi connectivity index (χ0v) is 26.1. The first-order valence-electron chi connectivity index (χ1n) is 14.4. The number of rotatable bonds is 16. The van der Waals surface area contributed by atoms with Crippen LogP contribution >= 0.6 is 23.2 Å². The number of benzene rings is 3. The minimum Gasteiger partial charge on any atom is -0.350 e. The molecule has 0 saturated carbocycles. The number of hydrogen-bond acceptors (Lipinski definition) is 4. The van der Waals surface area contributed by atoms with Gasteiger partial charge in [-0.15, -0.1) is 0 Å². The highest BCUT2D eigenvalue weighted by Gasteiger charge is 2.51. The van der Waals surface area contributed by atoms with E-state index < -0.39 is 53.6 Å². The summed E-state index contributed by atoms with van der Waals surface area (Å²) < 4.78 is 30.2. The molecule has 0 radical (unpaired) electrons. The summed E-state index contributed by atoms with van der Waals surface area (Å²) in [5.41, 5.74) is 2.36. The lowest BCUT2D eigenvalue weighted by Crippen LogP contribution is -2.51. The third-order valence-electron chi connectivity index (χ3n) is 7.33. The van der Waals surface area contributed by atoms with Crippen LogP contribution in [0.1, 0.15) is 43.4 Å². The Labute approximate surface area is 266 Å². The molecule has 2 amide bonds. The summed E-state index contributed by atoms with van der Waals surface area (Å²) >= 11 is 12.0. The number of alkyl halides is 2. The van der Waals surface area contributed by atoms with Crippen molar-refractivity contribution in [2.75, 3.05) is 6.54 Å². The zero-order valence-electron chi connectivity index (χ0n) is 24.6. The molecular weight excluding hydrogens is 609 g/mol. The standard InChI is InChI=1S/C34H36Cl2F2N2O4/c1-22(2)26(32(43)34(37,38)33(44)39-18-17-23-9-5-3-6-10-23)21-30(41)29(20-24-11-7-4-8-12-24)40-31(42)16-14-25-13-15-27(35)28(36)19-25/h3-13,15,19,22,26,29H,14,16-18,20-21H2,1-2H3,(H,39,44)(H,40,42)/t26-,29-/m0/s1. The Kier molecular flexibility index (Phi) is 13.0. The van der Waals surface area contributed by atoms with Crippen LogP contribution in [0, 0.1) is 11.8 Å². The van der Waals surface area contributed by atoms with Crippen molar-refractivity contribution in [1.82, 2.24) is 10.6 Å². The molecule has 0 heterocycles. The quantitative estimate of drug-likeness (QED) is 0.175. The lowest BCUT2D eigenvalue weighted by atomic mass is 9.82. The van der Waals surface area contributed by atoms with Gasteiger partial charge in [0, 0.05) is 25.3 Å². The maximum absolute atomic E-state index is 15.1. The van der Waals surface area contributed by atoms with Gasteiger partial charge in [-0.25, -0.2) is 0 Å². The molecule has 0 aromatic heterocycles. The van der Waals surface area contributed by atoms with Crippen molar-refractivity contribution < 1.29 is 28.0 Å². The monoisotopic (exact) mass is 644 g/mol. The van der Waals surface area contributed by atoms with Gasteiger partial charge < -0.3 is 10.6 Å². The fourth-order valence-electron chi connectivity index (χ4n) is 4.73. The van der Waals surface area contributed by atoms with E-state index in [2.05, 4.69) is 10.6 Å². The maximum Gasteiger partial charge on any atom is 0.381 e. The fourth-order valence-corrected chi connectivity index (χ4v) is 5.05. The van der Waals surface area contributed by atoms with Crippen LogP contribution in [-0.2, 0) is 38.4 Å². The molecule has 0 spiro atoms. The van der Waals surface area contributed by atoms with Gasteiger partial charge in [0.1, 0.15) is 0 Å². The minimum absolute atomic E-state index is 0.0320. The lowest BCUT2D eigenvalue weighted by molar-refractivity contribution is -0.162. The first-order valence-corrected chi connectivity index (χ1v) is 15.2. The number of ketones is 2. The van der Waals surface area contributed by atoms with Gasteiger partial charge in [0.15, 0.2) is 5.78 Å². The number of carbonyl (C=O) groups excluding carboxylic acids is 4. The number of amides is 2. The fraction of sp³-hybridized carbons (Fsp3) is 0.353. The zero-order chi connectivity index (χ0) is 32.3. The molecular formula is C34H36Cl2F2N2O4. The summed E-state index contributed by atoms with van der Waals surface area (Å²) in [5, 5.41) is 5.61. The van der Waals surface area contributed by atoms with Crippen molar-refractivity contribution >= 4 is 46.6 Å². The van der Waals surface area contributed by atoms with Gasteiger partial charge in [0.25, 0.3) is 5.91 Å². The number of halogens is 4. The van der Waals surface area contributed by atoms with Gasteiger partial charge in [0.2, 0.25) is 11.7 Å². The van der Waals surface area contributed by atoms with Crippen molar-refractivity contribution in [3.63, 3.8) is 0 Å². The third kappa shape index (κ3) is 10.2. The van der Waals surface area contributed by atoms with Crippen LogP contribution in [0.15, 0.2) is 78.9 Å². The van der Waals surface area contributed by atoms with Crippen LogP contribution in [0.2, 0.25) is 10.0 Å². The average Bonchev–Trinajstić information content (AvgIpc) is 3.00. The Morgan fingerprint density at radius 2 is 1.41 bits per heavy atom. The van der Waals surface area contributed by atoms with Crippen LogP contribution in [-0.4, -0.2) is 41.9 Å². The summed E-state index contributed by atoms with van der Waals surface area (Å²) in [5.74, 6) is -10.8. The summed E-state index contributed by atoms with van der Waals surface area (Å²) in [6.07, 6.45) is 0.217. The third-order valence-corrected chi connectivity index (χ3v) is 8.07. The summed E-state index contributed by atoms with van der Waals surface area (Å²) in [6.45, 7) is 3.01. The molecule has 10 heteroatoms. The van der Waals surface area contributed by atoms with E-state index >= 15 is 8.78 Å². The molecule has 0 bridgehead atoms. The second kappa shape index (κ2) is 16.5. The molecule has 3 rings (SSSR count). The normalized spacial score (nSPS) is 12.8. The Bertz CT molecular complexity index is 1440. The number of aryl methyl sites for hydroxylation is 1. The molecule has 44 heavy (non-hydrogen) atoms. The molecule has 0 aliphatic heterocycles. The molecule has 3 aromatic rings. The molecule has 0 aliphatic rings. The maximum atomic E-state index is 15.1. The van der Waals surface area contributed by atoms with E-state index in [1.54, 1.807) is 86.6 Å². The predicted octanol–water partition coefficient (Wildman–Crippen LogP) is 6.45. The largest absolute Gasteiger partial charge is 0.381 e. The van der Waals surface area contributed by atoms with Gasteiger partial charge in [-0.3, -0.25) is 19.2 Å². The van der Waals surface area contributed by atoms with Crippen molar-refractivity contribution in [1.29, 1.82) is 0 Å². The Balaban J connectivity index is 1.69. The van der Waals surface area contributed by atoms with Crippen molar-refractivity contribution in [2.24, 2.45) is 11.8 Å². The predicted molar refractivity (Wildman–Crippen MR) is 168 cm³/mol. The van der Waals surface area contributed by atoms with E-state index in [-0.39, 0.29) is 19.4 Å². The first kappa shape index (κ1) is 34.9. The van der Waals surface area contributed by atoms with Crippen LogP contribution in [0.25, 0.3) is 0 Å². The lowest BCUT2D eigenvalue weighted by Gasteiger charge is -2.26. The van der Waals surface area contributed by atoms with Crippen LogP contribution < -0.4 is 10.6 Å². The highest BCUT2D eigenvalue weighted by molar-refractivity contribution is 6.42. The van der Waals surface area contributed by atoms with Gasteiger partial charge in [-0.05, 0) is 54.0 Å². The van der Waals surface area contributed by atoms with Crippen LogP contribution in [0.4, 0.5) is 8.78 Å². The molecule has 0 aliphatic carbocycles. The van der Waals surface area contributed by atoms with E-state index in [1.165, 1.54) is 0 Å². The number of hydrogen-bond donors (Lipinski definition) is 2. The minimum atomic E-state index is -4.33. The summed E-state index contributed by atoms with van der Waals surface area (Å²) in [6, 6.07) is 21.9. The van der Waals surface area contributed by atoms with E-state index in [0.717, 1.165) is 16.7 Å². The Hall–Kier alpha value is -3.62. The topological polar surface area (TPSA) is 92.3 Å². The molecule has 3 aromatic carbocycles. The van der Waals surface area contributed by atoms with Gasteiger partial charge >= 0.3 is 5.92 Å². The summed E-state index contributed by atoms with van der Waals surface area (Å²) in [4.78, 5) is 51.9. The highest BCUT2D eigenvalue weighted by atomic mass is 35.5. The SMILES string of the molecule is CC(C)[C@H](CC(=O)[C@H](Cc1ccccc1)NC(=O)CCc1ccc(Cl)c(Cl)c1)C(=O)C(F)(F)C(=O)NCCc1ccccc1. The Morgan fingerprint density at radius 1 is 0.795 bits per heavy atom. The molecule has 234 valence electrons. The van der Waals surface area contributed by atoms with E-state index in [9.17, 15) is 19.2 Å². The molecule has 2 N–H and O–H groups in total. The van der Waals surface area contributed by atoms with Crippen LogP contribution in [0.5, 0.6) is 0 Å². The molecule has 2 atom stereocenters. The molecule has 0 unspecified atom stereocenters. The van der Waals surface area contributed by atoms with Crippen LogP contribution in [0.3, 0.4) is 0 Å². The smallest absolute Gasteiger partial charge is 0.350 e. The highest BCUT2D eigenvalue weighted by Crippen LogP contribution is 2.28. The number of carbonyl (C=O) groups is 4.